The maximum Gasteiger partial charge on any atom is 0.0825 e. The Morgan fingerprint density at radius 3 is 2.74 bits per heavy atom. The molecule has 19 heavy (non-hydrogen) atoms. The Bertz CT molecular complexity index is 401. The smallest absolute Gasteiger partial charge is 0.0825 e. The summed E-state index contributed by atoms with van der Waals surface area (Å²) in [4.78, 5) is 0.947. The number of para-hydroxylation sites is 1. The first-order chi connectivity index (χ1) is 9.15. The molecule has 0 radical (unpaired) electrons. The predicted octanol–water partition coefficient (Wildman–Crippen LogP) is 1.67. The molecule has 0 saturated heterocycles. The van der Waals surface area contributed by atoms with Gasteiger partial charge in [0.2, 0.25) is 0 Å². The third kappa shape index (κ3) is 5.98. The molecule has 0 atom stereocenters. The van der Waals surface area contributed by atoms with E-state index >= 15 is 0 Å². The van der Waals surface area contributed by atoms with Crippen LogP contribution in [-0.2, 0) is 9.47 Å². The third-order valence-corrected chi connectivity index (χ3v) is 3.44. The van der Waals surface area contributed by atoms with Crippen LogP contribution in [-0.4, -0.2) is 38.5 Å². The molecule has 0 heterocycles. The summed E-state index contributed by atoms with van der Waals surface area (Å²) in [5.41, 5.74) is 6.58. The van der Waals surface area contributed by atoms with Gasteiger partial charge in [0, 0.05) is 17.7 Å². The molecule has 0 aliphatic rings. The highest BCUT2D eigenvalue weighted by atomic mass is 32.2. The van der Waals surface area contributed by atoms with Crippen molar-refractivity contribution in [3.05, 3.63) is 35.9 Å². The molecule has 0 unspecified atom stereocenters. The molecule has 1 rings (SSSR count). The van der Waals surface area contributed by atoms with Gasteiger partial charge in [0.25, 0.3) is 0 Å². The van der Waals surface area contributed by atoms with Crippen molar-refractivity contribution in [2.45, 2.75) is 4.90 Å². The van der Waals surface area contributed by atoms with E-state index in [0.29, 0.717) is 26.4 Å². The van der Waals surface area contributed by atoms with Gasteiger partial charge in [0.15, 0.2) is 0 Å². The highest BCUT2D eigenvalue weighted by Gasteiger charge is 2.07. The van der Waals surface area contributed by atoms with E-state index in [1.54, 1.807) is 12.1 Å². The number of hydrogen-bond donors (Lipinski definition) is 2. The van der Waals surface area contributed by atoms with Gasteiger partial charge in [-0.05, 0) is 12.1 Å². The van der Waals surface area contributed by atoms with Crippen molar-refractivity contribution in [3.8, 4) is 0 Å². The summed E-state index contributed by atoms with van der Waals surface area (Å²) < 4.78 is 10.2. The molecule has 0 aliphatic heterocycles. The number of nitrogens with zero attached hydrogens (tertiary/aromatic N) is 1. The Labute approximate surface area is 118 Å². The number of methoxy groups -OCH3 is 1. The fourth-order valence-electron chi connectivity index (χ4n) is 1.29. The summed E-state index contributed by atoms with van der Waals surface area (Å²) in [5, 5.41) is 2.29. The Kier molecular flexibility index (Phi) is 7.35. The number of nitrogen functional groups attached to an aromatic ring is 1. The molecule has 0 spiro atoms. The Hall–Kier alpha value is -1.21. The average molecular weight is 283 g/mol. The van der Waals surface area contributed by atoms with Crippen LogP contribution in [0, 0.1) is 0 Å². The second kappa shape index (κ2) is 8.82. The first-order valence-electron chi connectivity index (χ1n) is 5.95. The number of thioether (sulfide) groups is 1. The van der Waals surface area contributed by atoms with Gasteiger partial charge in [-0.2, -0.15) is 0 Å². The lowest BCUT2D eigenvalue weighted by Gasteiger charge is -2.20. The summed E-state index contributed by atoms with van der Waals surface area (Å²) >= 11 is 1.45. The monoisotopic (exact) mass is 283 g/mol. The second-order valence-electron chi connectivity index (χ2n) is 3.83. The zero-order valence-corrected chi connectivity index (χ0v) is 12.0. The highest BCUT2D eigenvalue weighted by molar-refractivity contribution is 8.03. The van der Waals surface area contributed by atoms with Crippen molar-refractivity contribution >= 4 is 17.4 Å². The fraction of sp³-hybridized carbons (Fsp3) is 0.385. The molecule has 0 amide bonds. The zero-order chi connectivity index (χ0) is 14.1. The van der Waals surface area contributed by atoms with Crippen LogP contribution in [0.5, 0.6) is 0 Å². The first kappa shape index (κ1) is 15.8. The van der Waals surface area contributed by atoms with E-state index < -0.39 is 0 Å². The number of anilines is 1. The minimum Gasteiger partial charge on any atom is -0.398 e. The fourth-order valence-corrected chi connectivity index (χ4v) is 2.09. The molecular weight excluding hydrogens is 262 g/mol. The lowest BCUT2D eigenvalue weighted by molar-refractivity contribution is 0.0625. The number of hydrazine groups is 1. The Morgan fingerprint density at radius 1 is 1.32 bits per heavy atom. The van der Waals surface area contributed by atoms with Crippen LogP contribution >= 0.6 is 11.8 Å². The van der Waals surface area contributed by atoms with Crippen molar-refractivity contribution in [3.63, 3.8) is 0 Å². The molecule has 106 valence electrons. The minimum absolute atomic E-state index is 0.531. The molecule has 0 aromatic heterocycles. The van der Waals surface area contributed by atoms with E-state index in [0.717, 1.165) is 15.6 Å². The Balaban J connectivity index is 2.31. The van der Waals surface area contributed by atoms with Gasteiger partial charge >= 0.3 is 0 Å². The lowest BCUT2D eigenvalue weighted by atomic mass is 10.3. The number of nitrogens with two attached hydrogens (primary N) is 2. The van der Waals surface area contributed by atoms with Crippen LogP contribution in [0.3, 0.4) is 0 Å². The molecular formula is C13H21N3O2S. The average Bonchev–Trinajstić information content (AvgIpc) is 2.41. The molecule has 4 N–H and O–H groups in total. The van der Waals surface area contributed by atoms with Gasteiger partial charge in [-0.15, -0.1) is 0 Å². The van der Waals surface area contributed by atoms with E-state index in [9.17, 15) is 0 Å². The summed E-state index contributed by atoms with van der Waals surface area (Å²) in [7, 11) is 1.64. The molecule has 1 aromatic rings. The molecule has 0 fully saturated rings. The zero-order valence-electron chi connectivity index (χ0n) is 11.2. The van der Waals surface area contributed by atoms with E-state index in [1.807, 2.05) is 24.3 Å². The molecule has 0 aliphatic carbocycles. The lowest BCUT2D eigenvalue weighted by Crippen LogP contribution is -2.32. The first-order valence-corrected chi connectivity index (χ1v) is 6.77. The van der Waals surface area contributed by atoms with Gasteiger partial charge in [0.05, 0.1) is 31.4 Å². The second-order valence-corrected chi connectivity index (χ2v) is 4.95. The maximum atomic E-state index is 5.89. The number of rotatable bonds is 9. The van der Waals surface area contributed by atoms with Gasteiger partial charge in [-0.1, -0.05) is 30.5 Å². The minimum atomic E-state index is 0.531. The largest absolute Gasteiger partial charge is 0.398 e. The highest BCUT2D eigenvalue weighted by Crippen LogP contribution is 2.30. The molecule has 5 nitrogen and oxygen atoms in total. The maximum absolute atomic E-state index is 5.89. The van der Waals surface area contributed by atoms with Crippen LogP contribution in [0.25, 0.3) is 0 Å². The van der Waals surface area contributed by atoms with E-state index in [2.05, 4.69) is 6.58 Å². The number of hydrogen-bond acceptors (Lipinski definition) is 6. The van der Waals surface area contributed by atoms with E-state index in [1.165, 1.54) is 11.8 Å². The summed E-state index contributed by atoms with van der Waals surface area (Å²) in [5.74, 6) is 5.89. The molecule has 0 saturated carbocycles. The summed E-state index contributed by atoms with van der Waals surface area (Å²) in [6.45, 7) is 6.19. The third-order valence-electron chi connectivity index (χ3n) is 2.38. The Morgan fingerprint density at radius 2 is 2.05 bits per heavy atom. The van der Waals surface area contributed by atoms with E-state index in [-0.39, 0.29) is 0 Å². The SMILES string of the molecule is C=C(Sc1ccccc1N)N(N)CCOCCOC. The van der Waals surface area contributed by atoms with Crippen LogP contribution in [0.15, 0.2) is 40.8 Å². The molecule has 0 bridgehead atoms. The normalized spacial score (nSPS) is 10.4. The van der Waals surface area contributed by atoms with Gasteiger partial charge in [0.1, 0.15) is 0 Å². The quantitative estimate of drug-likeness (QED) is 0.236. The van der Waals surface area contributed by atoms with Crippen molar-refractivity contribution in [1.82, 2.24) is 5.01 Å². The van der Waals surface area contributed by atoms with E-state index in [4.69, 9.17) is 21.1 Å². The summed E-state index contributed by atoms with van der Waals surface area (Å²) in [6, 6.07) is 7.62. The van der Waals surface area contributed by atoms with Crippen molar-refractivity contribution in [2.24, 2.45) is 5.84 Å². The van der Waals surface area contributed by atoms with Crippen molar-refractivity contribution < 1.29 is 9.47 Å². The number of benzene rings is 1. The molecule has 6 heteroatoms. The van der Waals surface area contributed by atoms with Gasteiger partial charge < -0.3 is 20.2 Å². The van der Waals surface area contributed by atoms with Gasteiger partial charge in [-0.3, -0.25) is 0 Å². The van der Waals surface area contributed by atoms with Gasteiger partial charge in [-0.25, -0.2) is 5.84 Å². The van der Waals surface area contributed by atoms with Crippen LogP contribution in [0.2, 0.25) is 0 Å². The standard InChI is InChI=1S/C13H21N3O2S/c1-11(16(15)7-8-18-10-9-17-2)19-13-6-4-3-5-12(13)14/h3-6H,1,7-10,14-15H2,2H3. The molecule has 1 aromatic carbocycles. The predicted molar refractivity (Wildman–Crippen MR) is 79.4 cm³/mol. The van der Waals surface area contributed by atoms with Crippen LogP contribution in [0.1, 0.15) is 0 Å². The topological polar surface area (TPSA) is 73.7 Å². The number of ether oxygens (including phenoxy) is 2. The van der Waals surface area contributed by atoms with Crippen LogP contribution < -0.4 is 11.6 Å². The van der Waals surface area contributed by atoms with Crippen molar-refractivity contribution in [1.29, 1.82) is 0 Å². The van der Waals surface area contributed by atoms with Crippen molar-refractivity contribution in [2.75, 3.05) is 39.2 Å². The van der Waals surface area contributed by atoms with Crippen LogP contribution in [0.4, 0.5) is 5.69 Å². The summed E-state index contributed by atoms with van der Waals surface area (Å²) in [6.07, 6.45) is 0.